The van der Waals surface area contributed by atoms with Crippen LogP contribution in [-0.4, -0.2) is 23.7 Å². The fourth-order valence-electron chi connectivity index (χ4n) is 2.20. The molecule has 0 bridgehead atoms. The maximum atomic E-state index is 12.6. The van der Waals surface area contributed by atoms with Crippen molar-refractivity contribution in [1.29, 1.82) is 0 Å². The molecule has 1 saturated carbocycles. The van der Waals surface area contributed by atoms with Crippen LogP contribution in [-0.2, 0) is 4.79 Å². The fraction of sp³-hybridized carbons (Fsp3) is 0.909. The predicted octanol–water partition coefficient (Wildman–Crippen LogP) is 1.96. The molecule has 1 fully saturated rings. The van der Waals surface area contributed by atoms with Crippen LogP contribution in [0.4, 0.5) is 13.2 Å². The van der Waals surface area contributed by atoms with Crippen LogP contribution in [0.3, 0.4) is 0 Å². The van der Waals surface area contributed by atoms with Crippen molar-refractivity contribution >= 4 is 5.91 Å². The van der Waals surface area contributed by atoms with E-state index in [1.54, 1.807) is 13.8 Å². The van der Waals surface area contributed by atoms with Gasteiger partial charge in [0.1, 0.15) is 0 Å². The molecule has 1 amide bonds. The van der Waals surface area contributed by atoms with Gasteiger partial charge in [-0.2, -0.15) is 13.2 Å². The summed E-state index contributed by atoms with van der Waals surface area (Å²) in [6.07, 6.45) is -2.75. The first-order chi connectivity index (χ1) is 7.63. The van der Waals surface area contributed by atoms with Gasteiger partial charge in [0, 0.05) is 6.04 Å². The predicted molar refractivity (Wildman–Crippen MR) is 58.2 cm³/mol. The molecule has 3 N–H and O–H groups in total. The topological polar surface area (TPSA) is 55.1 Å². The second kappa shape index (κ2) is 4.84. The van der Waals surface area contributed by atoms with Crippen LogP contribution < -0.4 is 11.1 Å². The SMILES string of the molecule is CC(C)(NC1CCCC(C(F)(F)F)C1)C(N)=O. The van der Waals surface area contributed by atoms with Crippen LogP contribution in [0.2, 0.25) is 0 Å². The van der Waals surface area contributed by atoms with Crippen molar-refractivity contribution in [3.63, 3.8) is 0 Å². The molecule has 2 unspecified atom stereocenters. The Labute approximate surface area is 98.9 Å². The third kappa shape index (κ3) is 3.87. The smallest absolute Gasteiger partial charge is 0.368 e. The summed E-state index contributed by atoms with van der Waals surface area (Å²) in [4.78, 5) is 11.1. The summed E-state index contributed by atoms with van der Waals surface area (Å²) >= 11 is 0. The largest absolute Gasteiger partial charge is 0.391 e. The summed E-state index contributed by atoms with van der Waals surface area (Å²) in [6.45, 7) is 3.18. The molecule has 1 rings (SSSR count). The van der Waals surface area contributed by atoms with Gasteiger partial charge in [-0.15, -0.1) is 0 Å². The summed E-state index contributed by atoms with van der Waals surface area (Å²) in [7, 11) is 0. The van der Waals surface area contributed by atoms with E-state index in [2.05, 4.69) is 5.32 Å². The molecule has 2 atom stereocenters. The second-order valence-corrected chi connectivity index (χ2v) is 5.24. The van der Waals surface area contributed by atoms with Gasteiger partial charge in [-0.05, 0) is 33.1 Å². The summed E-state index contributed by atoms with van der Waals surface area (Å²) in [5.41, 5.74) is 4.22. The van der Waals surface area contributed by atoms with Crippen LogP contribution in [0.1, 0.15) is 39.5 Å². The summed E-state index contributed by atoms with van der Waals surface area (Å²) in [6, 6.07) is -0.294. The number of halogens is 3. The Morgan fingerprint density at radius 1 is 1.29 bits per heavy atom. The van der Waals surface area contributed by atoms with Crippen LogP contribution in [0, 0.1) is 5.92 Å². The minimum absolute atomic E-state index is 0.0280. The average Bonchev–Trinajstić information content (AvgIpc) is 2.15. The van der Waals surface area contributed by atoms with E-state index in [4.69, 9.17) is 5.73 Å². The van der Waals surface area contributed by atoms with Crippen molar-refractivity contribution in [1.82, 2.24) is 5.32 Å². The number of alkyl halides is 3. The van der Waals surface area contributed by atoms with Crippen molar-refractivity contribution in [3.05, 3.63) is 0 Å². The number of nitrogens with two attached hydrogens (primary N) is 1. The number of hydrogen-bond acceptors (Lipinski definition) is 2. The van der Waals surface area contributed by atoms with Gasteiger partial charge in [0.05, 0.1) is 11.5 Å². The number of carbonyl (C=O) groups excluding carboxylic acids is 1. The molecule has 0 aromatic rings. The molecular formula is C11H19F3N2O. The monoisotopic (exact) mass is 252 g/mol. The normalized spacial score (nSPS) is 26.9. The summed E-state index contributed by atoms with van der Waals surface area (Å²) in [5.74, 6) is -1.82. The number of carbonyl (C=O) groups is 1. The van der Waals surface area contributed by atoms with Gasteiger partial charge in [-0.3, -0.25) is 4.79 Å². The highest BCUT2D eigenvalue weighted by molar-refractivity contribution is 5.83. The minimum Gasteiger partial charge on any atom is -0.368 e. The van der Waals surface area contributed by atoms with E-state index >= 15 is 0 Å². The van der Waals surface area contributed by atoms with Crippen molar-refractivity contribution < 1.29 is 18.0 Å². The van der Waals surface area contributed by atoms with E-state index in [0.717, 1.165) is 0 Å². The Kier molecular flexibility index (Phi) is 4.06. The number of hydrogen-bond donors (Lipinski definition) is 2. The molecule has 1 aliphatic carbocycles. The molecule has 0 spiro atoms. The maximum absolute atomic E-state index is 12.6. The van der Waals surface area contributed by atoms with Crippen LogP contribution >= 0.6 is 0 Å². The Morgan fingerprint density at radius 3 is 2.35 bits per heavy atom. The van der Waals surface area contributed by atoms with Gasteiger partial charge in [0.25, 0.3) is 0 Å². The lowest BCUT2D eigenvalue weighted by molar-refractivity contribution is -0.184. The van der Waals surface area contributed by atoms with Gasteiger partial charge in [0.2, 0.25) is 5.91 Å². The molecule has 0 aromatic carbocycles. The third-order valence-corrected chi connectivity index (χ3v) is 3.32. The Hall–Kier alpha value is -0.780. The van der Waals surface area contributed by atoms with E-state index in [0.29, 0.717) is 12.8 Å². The quantitative estimate of drug-likeness (QED) is 0.806. The minimum atomic E-state index is -4.14. The van der Waals surface area contributed by atoms with Gasteiger partial charge < -0.3 is 11.1 Å². The standard InChI is InChI=1S/C11H19F3N2O/c1-10(2,9(15)17)16-8-5-3-4-7(6-8)11(12,13)14/h7-8,16H,3-6H2,1-2H3,(H2,15,17). The average molecular weight is 252 g/mol. The van der Waals surface area contributed by atoms with Crippen molar-refractivity contribution in [2.24, 2.45) is 11.7 Å². The van der Waals surface area contributed by atoms with Gasteiger partial charge in [-0.1, -0.05) is 6.42 Å². The molecule has 0 aliphatic heterocycles. The van der Waals surface area contributed by atoms with Crippen LogP contribution in [0.5, 0.6) is 0 Å². The molecule has 0 radical (unpaired) electrons. The lowest BCUT2D eigenvalue weighted by atomic mass is 9.84. The molecule has 6 heteroatoms. The molecule has 0 saturated heterocycles. The molecule has 0 aromatic heterocycles. The highest BCUT2D eigenvalue weighted by Crippen LogP contribution is 2.37. The first-order valence-electron chi connectivity index (χ1n) is 5.77. The second-order valence-electron chi connectivity index (χ2n) is 5.24. The first kappa shape index (κ1) is 14.3. The molecular weight excluding hydrogens is 233 g/mol. The zero-order valence-corrected chi connectivity index (χ0v) is 10.1. The van der Waals surface area contributed by atoms with E-state index < -0.39 is 23.5 Å². The number of primary amides is 1. The summed E-state index contributed by atoms with van der Waals surface area (Å²) in [5, 5.41) is 2.92. The number of amides is 1. The highest BCUT2D eigenvalue weighted by Gasteiger charge is 2.43. The van der Waals surface area contributed by atoms with Crippen molar-refractivity contribution in [2.45, 2.75) is 57.3 Å². The van der Waals surface area contributed by atoms with Gasteiger partial charge >= 0.3 is 6.18 Å². The molecule has 100 valence electrons. The van der Waals surface area contributed by atoms with E-state index in [9.17, 15) is 18.0 Å². The molecule has 3 nitrogen and oxygen atoms in total. The van der Waals surface area contributed by atoms with E-state index in [1.807, 2.05) is 0 Å². The number of nitrogens with one attached hydrogen (secondary N) is 1. The first-order valence-corrected chi connectivity index (χ1v) is 5.77. The molecule has 0 heterocycles. The van der Waals surface area contributed by atoms with Gasteiger partial charge in [-0.25, -0.2) is 0 Å². The van der Waals surface area contributed by atoms with Crippen molar-refractivity contribution in [2.75, 3.05) is 0 Å². The Morgan fingerprint density at radius 2 is 1.88 bits per heavy atom. The van der Waals surface area contributed by atoms with Gasteiger partial charge in [0.15, 0.2) is 0 Å². The molecule has 1 aliphatic rings. The Balaban J connectivity index is 2.59. The number of rotatable bonds is 3. The van der Waals surface area contributed by atoms with E-state index in [-0.39, 0.29) is 18.9 Å². The van der Waals surface area contributed by atoms with Crippen molar-refractivity contribution in [3.8, 4) is 0 Å². The fourth-order valence-corrected chi connectivity index (χ4v) is 2.20. The zero-order valence-electron chi connectivity index (χ0n) is 10.1. The maximum Gasteiger partial charge on any atom is 0.391 e. The van der Waals surface area contributed by atoms with E-state index in [1.165, 1.54) is 0 Å². The zero-order chi connectivity index (χ0) is 13.3. The lowest BCUT2D eigenvalue weighted by Gasteiger charge is -2.35. The summed E-state index contributed by atoms with van der Waals surface area (Å²) < 4.78 is 37.8. The lowest BCUT2D eigenvalue weighted by Crippen LogP contribution is -2.55. The third-order valence-electron chi connectivity index (χ3n) is 3.32. The van der Waals surface area contributed by atoms with Crippen LogP contribution in [0.15, 0.2) is 0 Å². The Bertz CT molecular complexity index is 289. The molecule has 17 heavy (non-hydrogen) atoms. The van der Waals surface area contributed by atoms with Crippen LogP contribution in [0.25, 0.3) is 0 Å². The highest BCUT2D eigenvalue weighted by atomic mass is 19.4.